The van der Waals surface area contributed by atoms with Crippen molar-refractivity contribution in [3.8, 4) is 5.75 Å². The van der Waals surface area contributed by atoms with E-state index >= 15 is 0 Å². The van der Waals surface area contributed by atoms with Crippen molar-refractivity contribution in [3.05, 3.63) is 59.9 Å². The molecule has 2 heterocycles. The maximum atomic E-state index is 13.2. The standard InChI is InChI=1S/C22H25FN2O3/c1-27-20-5-3-2-4-17(20)14-24-12-10-22(11-13-24)16-25(21(26)15-28-22)19-8-6-18(23)7-9-19/h2-9H,10-16H2,1H3. The van der Waals surface area contributed by atoms with Crippen LogP contribution in [0.25, 0.3) is 0 Å². The van der Waals surface area contributed by atoms with E-state index in [4.69, 9.17) is 9.47 Å². The number of hydrogen-bond acceptors (Lipinski definition) is 4. The quantitative estimate of drug-likeness (QED) is 0.812. The normalized spacial score (nSPS) is 19.8. The largest absolute Gasteiger partial charge is 0.496 e. The molecule has 0 N–H and O–H groups in total. The van der Waals surface area contributed by atoms with Crippen LogP contribution in [0.1, 0.15) is 18.4 Å². The fourth-order valence-corrected chi connectivity index (χ4v) is 4.07. The van der Waals surface area contributed by atoms with Gasteiger partial charge in [-0.2, -0.15) is 0 Å². The Kier molecular flexibility index (Phi) is 5.33. The Bertz CT molecular complexity index is 832. The van der Waals surface area contributed by atoms with Crippen molar-refractivity contribution in [2.45, 2.75) is 25.0 Å². The second kappa shape index (κ2) is 7.89. The van der Waals surface area contributed by atoms with Crippen LogP contribution < -0.4 is 9.64 Å². The molecular formula is C22H25FN2O3. The second-order valence-electron chi connectivity index (χ2n) is 7.52. The fourth-order valence-electron chi connectivity index (χ4n) is 4.07. The Morgan fingerprint density at radius 3 is 2.54 bits per heavy atom. The highest BCUT2D eigenvalue weighted by Gasteiger charge is 2.42. The van der Waals surface area contributed by atoms with Crippen molar-refractivity contribution in [1.82, 2.24) is 4.90 Å². The first-order chi connectivity index (χ1) is 13.6. The molecular weight excluding hydrogens is 359 g/mol. The summed E-state index contributed by atoms with van der Waals surface area (Å²) in [5, 5.41) is 0. The van der Waals surface area contributed by atoms with Crippen molar-refractivity contribution in [3.63, 3.8) is 0 Å². The molecule has 0 unspecified atom stereocenters. The number of benzene rings is 2. The molecule has 28 heavy (non-hydrogen) atoms. The van der Waals surface area contributed by atoms with E-state index in [1.165, 1.54) is 17.7 Å². The summed E-state index contributed by atoms with van der Waals surface area (Å²) in [4.78, 5) is 16.5. The van der Waals surface area contributed by atoms with Gasteiger partial charge in [0.1, 0.15) is 18.2 Å². The summed E-state index contributed by atoms with van der Waals surface area (Å²) in [6.07, 6.45) is 1.71. The number of rotatable bonds is 4. The highest BCUT2D eigenvalue weighted by Crippen LogP contribution is 2.33. The SMILES string of the molecule is COc1ccccc1CN1CCC2(CC1)CN(c1ccc(F)cc1)C(=O)CO2. The molecule has 1 amide bonds. The van der Waals surface area contributed by atoms with Gasteiger partial charge in [-0.05, 0) is 43.2 Å². The van der Waals surface area contributed by atoms with Gasteiger partial charge in [0.2, 0.25) is 0 Å². The number of nitrogens with zero attached hydrogens (tertiary/aromatic N) is 2. The molecule has 2 fully saturated rings. The minimum Gasteiger partial charge on any atom is -0.496 e. The number of hydrogen-bond donors (Lipinski definition) is 0. The average molecular weight is 384 g/mol. The molecule has 5 nitrogen and oxygen atoms in total. The smallest absolute Gasteiger partial charge is 0.253 e. The van der Waals surface area contributed by atoms with Crippen molar-refractivity contribution in [1.29, 1.82) is 0 Å². The first kappa shape index (κ1) is 18.9. The maximum absolute atomic E-state index is 13.2. The predicted molar refractivity (Wildman–Crippen MR) is 105 cm³/mol. The molecule has 0 saturated carbocycles. The van der Waals surface area contributed by atoms with Gasteiger partial charge in [0.25, 0.3) is 5.91 Å². The minimum absolute atomic E-state index is 0.0733. The maximum Gasteiger partial charge on any atom is 0.253 e. The molecule has 0 radical (unpaired) electrons. The van der Waals surface area contributed by atoms with Crippen LogP contribution in [0.2, 0.25) is 0 Å². The van der Waals surface area contributed by atoms with Gasteiger partial charge in [-0.3, -0.25) is 9.69 Å². The molecule has 2 saturated heterocycles. The van der Waals surface area contributed by atoms with E-state index in [1.54, 1.807) is 24.1 Å². The van der Waals surface area contributed by atoms with Crippen molar-refractivity contribution < 1.29 is 18.7 Å². The zero-order valence-corrected chi connectivity index (χ0v) is 16.1. The van der Waals surface area contributed by atoms with Crippen LogP contribution in [-0.4, -0.2) is 49.8 Å². The van der Waals surface area contributed by atoms with E-state index < -0.39 is 0 Å². The van der Waals surface area contributed by atoms with Gasteiger partial charge in [0.15, 0.2) is 0 Å². The fraction of sp³-hybridized carbons (Fsp3) is 0.409. The van der Waals surface area contributed by atoms with Crippen LogP contribution >= 0.6 is 0 Å². The molecule has 2 aromatic carbocycles. The predicted octanol–water partition coefficient (Wildman–Crippen LogP) is 3.23. The molecule has 6 heteroatoms. The topological polar surface area (TPSA) is 42.0 Å². The first-order valence-corrected chi connectivity index (χ1v) is 9.63. The molecule has 148 valence electrons. The zero-order chi connectivity index (χ0) is 19.6. The molecule has 2 aliphatic heterocycles. The zero-order valence-electron chi connectivity index (χ0n) is 16.1. The second-order valence-corrected chi connectivity index (χ2v) is 7.52. The number of para-hydroxylation sites is 1. The summed E-state index contributed by atoms with van der Waals surface area (Å²) in [7, 11) is 1.70. The summed E-state index contributed by atoms with van der Waals surface area (Å²) in [6, 6.07) is 14.2. The van der Waals surface area contributed by atoms with E-state index in [-0.39, 0.29) is 23.9 Å². The van der Waals surface area contributed by atoms with Gasteiger partial charge in [0.05, 0.1) is 19.3 Å². The Hall–Kier alpha value is -2.44. The van der Waals surface area contributed by atoms with Crippen LogP contribution in [0.4, 0.5) is 10.1 Å². The Morgan fingerprint density at radius 2 is 1.82 bits per heavy atom. The van der Waals surface area contributed by atoms with Gasteiger partial charge in [-0.25, -0.2) is 4.39 Å². The Labute approximate surface area is 164 Å². The third-order valence-electron chi connectivity index (χ3n) is 5.74. The lowest BCUT2D eigenvalue weighted by molar-refractivity contribution is -0.145. The molecule has 2 aromatic rings. The molecule has 4 rings (SSSR count). The number of anilines is 1. The molecule has 0 aromatic heterocycles. The number of morpholine rings is 1. The lowest BCUT2D eigenvalue weighted by Crippen LogP contribution is -2.58. The number of likely N-dealkylation sites (tertiary alicyclic amines) is 1. The van der Waals surface area contributed by atoms with Crippen molar-refractivity contribution in [2.75, 3.05) is 38.3 Å². The lowest BCUT2D eigenvalue weighted by atomic mass is 9.88. The molecule has 0 aliphatic carbocycles. The summed E-state index contributed by atoms with van der Waals surface area (Å²) in [5.41, 5.74) is 1.57. The van der Waals surface area contributed by atoms with Crippen molar-refractivity contribution >= 4 is 11.6 Å². The van der Waals surface area contributed by atoms with E-state index in [2.05, 4.69) is 11.0 Å². The van der Waals surface area contributed by atoms with Gasteiger partial charge in [0, 0.05) is 30.9 Å². The number of amides is 1. The van der Waals surface area contributed by atoms with Crippen LogP contribution in [-0.2, 0) is 16.1 Å². The van der Waals surface area contributed by atoms with E-state index in [1.807, 2.05) is 18.2 Å². The lowest BCUT2D eigenvalue weighted by Gasteiger charge is -2.47. The Morgan fingerprint density at radius 1 is 1.11 bits per heavy atom. The number of ether oxygens (including phenoxy) is 2. The third kappa shape index (κ3) is 3.88. The van der Waals surface area contributed by atoms with Crippen LogP contribution in [0.5, 0.6) is 5.75 Å². The number of piperidine rings is 1. The summed E-state index contributed by atoms with van der Waals surface area (Å²) in [5.74, 6) is 0.530. The van der Waals surface area contributed by atoms with Gasteiger partial charge in [-0.15, -0.1) is 0 Å². The van der Waals surface area contributed by atoms with Crippen LogP contribution in [0.15, 0.2) is 48.5 Å². The molecule has 0 bridgehead atoms. The van der Waals surface area contributed by atoms with Crippen molar-refractivity contribution in [2.24, 2.45) is 0 Å². The number of carbonyl (C=O) groups is 1. The molecule has 1 spiro atoms. The van der Waals surface area contributed by atoms with Gasteiger partial charge < -0.3 is 14.4 Å². The average Bonchev–Trinajstić information content (AvgIpc) is 2.73. The van der Waals surface area contributed by atoms with Crippen LogP contribution in [0.3, 0.4) is 0 Å². The van der Waals surface area contributed by atoms with E-state index in [0.29, 0.717) is 6.54 Å². The summed E-state index contributed by atoms with van der Waals surface area (Å²) < 4.78 is 24.7. The Balaban J connectivity index is 1.41. The number of halogens is 1. The highest BCUT2D eigenvalue weighted by molar-refractivity contribution is 5.95. The summed E-state index contributed by atoms with van der Waals surface area (Å²) in [6.45, 7) is 3.21. The minimum atomic E-state index is -0.334. The summed E-state index contributed by atoms with van der Waals surface area (Å²) >= 11 is 0. The van der Waals surface area contributed by atoms with Crippen LogP contribution in [0, 0.1) is 5.82 Å². The molecule has 0 atom stereocenters. The van der Waals surface area contributed by atoms with E-state index in [9.17, 15) is 9.18 Å². The highest BCUT2D eigenvalue weighted by atomic mass is 19.1. The molecule has 2 aliphatic rings. The van der Waals surface area contributed by atoms with Gasteiger partial charge >= 0.3 is 0 Å². The van der Waals surface area contributed by atoms with Gasteiger partial charge in [-0.1, -0.05) is 18.2 Å². The van der Waals surface area contributed by atoms with E-state index in [0.717, 1.165) is 43.9 Å². The number of methoxy groups -OCH3 is 1. The third-order valence-corrected chi connectivity index (χ3v) is 5.74. The first-order valence-electron chi connectivity index (χ1n) is 9.63. The monoisotopic (exact) mass is 384 g/mol. The number of carbonyl (C=O) groups excluding carboxylic acids is 1.